The maximum absolute atomic E-state index is 12.8. The Morgan fingerprint density at radius 2 is 1.82 bits per heavy atom. The minimum Gasteiger partial charge on any atom is -0.225 e. The van der Waals surface area contributed by atoms with E-state index in [1.807, 2.05) is 0 Å². The third-order valence-corrected chi connectivity index (χ3v) is 3.92. The Hall–Kier alpha value is -1.08. The Kier molecular flexibility index (Phi) is 2.52. The first kappa shape index (κ1) is 12.4. The number of hydrogen-bond acceptors (Lipinski definition) is 2. The number of hydrogen-bond donors (Lipinski definition) is 1. The summed E-state index contributed by atoms with van der Waals surface area (Å²) in [6, 6.07) is 4.76. The molecule has 0 spiro atoms. The molecule has 1 fully saturated rings. The van der Waals surface area contributed by atoms with E-state index in [4.69, 9.17) is 5.14 Å². The van der Waals surface area contributed by atoms with Gasteiger partial charge in [0.2, 0.25) is 10.0 Å². The summed E-state index contributed by atoms with van der Waals surface area (Å²) >= 11 is 0. The molecule has 0 bridgehead atoms. The van der Waals surface area contributed by atoms with Crippen molar-refractivity contribution < 1.29 is 21.6 Å². The van der Waals surface area contributed by atoms with Gasteiger partial charge in [-0.25, -0.2) is 13.6 Å². The highest BCUT2D eigenvalue weighted by atomic mass is 32.2. The van der Waals surface area contributed by atoms with Gasteiger partial charge in [-0.05, 0) is 30.5 Å². The number of halogens is 3. The maximum atomic E-state index is 12.8. The minimum atomic E-state index is -4.36. The van der Waals surface area contributed by atoms with E-state index in [0.717, 1.165) is 6.07 Å². The van der Waals surface area contributed by atoms with Crippen molar-refractivity contribution in [2.45, 2.75) is 29.3 Å². The molecule has 1 aliphatic carbocycles. The monoisotopic (exact) mass is 265 g/mol. The summed E-state index contributed by atoms with van der Waals surface area (Å²) in [6.07, 6.45) is -4.38. The Balaban J connectivity index is 2.49. The molecule has 0 radical (unpaired) electrons. The molecular formula is C10H10F3NO2S. The maximum Gasteiger partial charge on any atom is 0.398 e. The molecule has 2 rings (SSSR count). The Bertz CT molecular complexity index is 547. The first-order valence-electron chi connectivity index (χ1n) is 4.87. The van der Waals surface area contributed by atoms with Crippen LogP contribution >= 0.6 is 0 Å². The quantitative estimate of drug-likeness (QED) is 0.888. The van der Waals surface area contributed by atoms with E-state index in [1.54, 1.807) is 0 Å². The highest BCUT2D eigenvalue weighted by Crippen LogP contribution is 2.58. The van der Waals surface area contributed by atoms with Crippen LogP contribution in [-0.4, -0.2) is 14.6 Å². The third-order valence-electron chi connectivity index (χ3n) is 3.01. The van der Waals surface area contributed by atoms with Gasteiger partial charge < -0.3 is 0 Å². The SMILES string of the molecule is NS(=O)(=O)c1cccc(C2(C(F)(F)F)CC2)c1. The molecule has 1 saturated carbocycles. The van der Waals surface area contributed by atoms with Crippen LogP contribution in [0.25, 0.3) is 0 Å². The van der Waals surface area contributed by atoms with Gasteiger partial charge in [0.05, 0.1) is 10.3 Å². The van der Waals surface area contributed by atoms with Crippen LogP contribution < -0.4 is 5.14 Å². The standard InChI is InChI=1S/C10H10F3NO2S/c11-10(12,13)9(4-5-9)7-2-1-3-8(6-7)17(14,15)16/h1-3,6H,4-5H2,(H2,14,15,16). The highest BCUT2D eigenvalue weighted by molar-refractivity contribution is 7.89. The average molecular weight is 265 g/mol. The van der Waals surface area contributed by atoms with Crippen LogP contribution in [0.1, 0.15) is 18.4 Å². The van der Waals surface area contributed by atoms with Gasteiger partial charge in [-0.15, -0.1) is 0 Å². The summed E-state index contributed by atoms with van der Waals surface area (Å²) in [5.41, 5.74) is -1.91. The van der Waals surface area contributed by atoms with Gasteiger partial charge in [-0.2, -0.15) is 13.2 Å². The van der Waals surface area contributed by atoms with E-state index < -0.39 is 21.6 Å². The fraction of sp³-hybridized carbons (Fsp3) is 0.400. The van der Waals surface area contributed by atoms with Crippen LogP contribution in [0.3, 0.4) is 0 Å². The Labute approximate surface area is 96.5 Å². The summed E-state index contributed by atoms with van der Waals surface area (Å²) in [4.78, 5) is -0.287. The number of alkyl halides is 3. The van der Waals surface area contributed by atoms with Gasteiger partial charge in [-0.1, -0.05) is 12.1 Å². The van der Waals surface area contributed by atoms with Crippen LogP contribution in [0.15, 0.2) is 29.2 Å². The van der Waals surface area contributed by atoms with E-state index in [1.165, 1.54) is 18.2 Å². The summed E-state index contributed by atoms with van der Waals surface area (Å²) in [5.74, 6) is 0. The van der Waals surface area contributed by atoms with Crippen molar-refractivity contribution in [3.05, 3.63) is 29.8 Å². The molecule has 7 heteroatoms. The van der Waals surface area contributed by atoms with Crippen molar-refractivity contribution in [1.29, 1.82) is 0 Å². The van der Waals surface area contributed by atoms with Crippen molar-refractivity contribution in [2.24, 2.45) is 5.14 Å². The van der Waals surface area contributed by atoms with Gasteiger partial charge >= 0.3 is 6.18 Å². The van der Waals surface area contributed by atoms with Crippen LogP contribution in [0, 0.1) is 0 Å². The molecule has 0 saturated heterocycles. The molecule has 0 aromatic heterocycles. The number of benzene rings is 1. The van der Waals surface area contributed by atoms with Gasteiger partial charge in [0, 0.05) is 0 Å². The zero-order valence-electron chi connectivity index (χ0n) is 8.66. The van der Waals surface area contributed by atoms with Crippen molar-refractivity contribution in [3.8, 4) is 0 Å². The van der Waals surface area contributed by atoms with Crippen LogP contribution in [-0.2, 0) is 15.4 Å². The first-order valence-corrected chi connectivity index (χ1v) is 6.41. The largest absolute Gasteiger partial charge is 0.398 e. The fourth-order valence-electron chi connectivity index (χ4n) is 1.83. The number of nitrogens with two attached hydrogens (primary N) is 1. The van der Waals surface area contributed by atoms with E-state index in [-0.39, 0.29) is 23.3 Å². The second kappa shape index (κ2) is 3.46. The number of primary sulfonamides is 1. The van der Waals surface area contributed by atoms with E-state index in [2.05, 4.69) is 0 Å². The van der Waals surface area contributed by atoms with Crippen molar-refractivity contribution in [1.82, 2.24) is 0 Å². The summed E-state index contributed by atoms with van der Waals surface area (Å²) in [7, 11) is -3.97. The third kappa shape index (κ3) is 2.04. The second-order valence-corrected chi connectivity index (χ2v) is 5.71. The molecule has 94 valence electrons. The van der Waals surface area contributed by atoms with E-state index in [9.17, 15) is 21.6 Å². The molecule has 2 N–H and O–H groups in total. The first-order chi connectivity index (χ1) is 7.67. The molecular weight excluding hydrogens is 255 g/mol. The number of rotatable bonds is 2. The molecule has 3 nitrogen and oxygen atoms in total. The normalized spacial score (nSPS) is 19.1. The highest BCUT2D eigenvalue weighted by Gasteiger charge is 2.64. The molecule has 0 atom stereocenters. The molecule has 0 unspecified atom stereocenters. The summed E-state index contributed by atoms with van der Waals surface area (Å²) in [6.45, 7) is 0. The molecule has 0 aliphatic heterocycles. The smallest absolute Gasteiger partial charge is 0.225 e. The van der Waals surface area contributed by atoms with Crippen molar-refractivity contribution in [2.75, 3.05) is 0 Å². The molecule has 0 amide bonds. The molecule has 17 heavy (non-hydrogen) atoms. The fourth-order valence-corrected chi connectivity index (χ4v) is 2.39. The lowest BCUT2D eigenvalue weighted by Crippen LogP contribution is -2.29. The van der Waals surface area contributed by atoms with Crippen molar-refractivity contribution in [3.63, 3.8) is 0 Å². The molecule has 1 aliphatic rings. The van der Waals surface area contributed by atoms with Gasteiger partial charge in [-0.3, -0.25) is 0 Å². The van der Waals surface area contributed by atoms with Gasteiger partial charge in [0.1, 0.15) is 0 Å². The minimum absolute atomic E-state index is 0.00935. The lowest BCUT2D eigenvalue weighted by atomic mass is 9.95. The lowest BCUT2D eigenvalue weighted by Gasteiger charge is -2.19. The van der Waals surface area contributed by atoms with Crippen LogP contribution in [0.5, 0.6) is 0 Å². The summed E-state index contributed by atoms with van der Waals surface area (Å²) in [5, 5.41) is 4.89. The number of sulfonamides is 1. The zero-order valence-corrected chi connectivity index (χ0v) is 9.48. The predicted molar refractivity (Wildman–Crippen MR) is 54.8 cm³/mol. The molecule has 1 aromatic rings. The lowest BCUT2D eigenvalue weighted by molar-refractivity contribution is -0.160. The van der Waals surface area contributed by atoms with E-state index >= 15 is 0 Å². The van der Waals surface area contributed by atoms with Crippen LogP contribution in [0.4, 0.5) is 13.2 Å². The van der Waals surface area contributed by atoms with Gasteiger partial charge in [0.25, 0.3) is 0 Å². The van der Waals surface area contributed by atoms with E-state index in [0.29, 0.717) is 0 Å². The molecule has 1 aromatic carbocycles. The van der Waals surface area contributed by atoms with Crippen molar-refractivity contribution >= 4 is 10.0 Å². The van der Waals surface area contributed by atoms with Gasteiger partial charge in [0.15, 0.2) is 0 Å². The zero-order chi connectivity index (χ0) is 12.9. The molecule has 0 heterocycles. The Morgan fingerprint density at radius 1 is 1.24 bits per heavy atom. The predicted octanol–water partition coefficient (Wildman–Crippen LogP) is 1.93. The summed E-state index contributed by atoms with van der Waals surface area (Å²) < 4.78 is 60.6. The Morgan fingerprint density at radius 3 is 2.24 bits per heavy atom. The van der Waals surface area contributed by atoms with Crippen LogP contribution in [0.2, 0.25) is 0 Å². The topological polar surface area (TPSA) is 60.2 Å². The average Bonchev–Trinajstić information content (AvgIpc) is 2.96. The second-order valence-electron chi connectivity index (χ2n) is 4.15.